The van der Waals surface area contributed by atoms with Crippen molar-refractivity contribution in [1.29, 1.82) is 0 Å². The Morgan fingerprint density at radius 2 is 1.48 bits per heavy atom. The van der Waals surface area contributed by atoms with E-state index in [1.165, 1.54) is 12.8 Å². The third kappa shape index (κ3) is 20.7. The summed E-state index contributed by atoms with van der Waals surface area (Å²) in [4.78, 5) is 11.3. The van der Waals surface area contributed by atoms with E-state index in [1.807, 2.05) is 6.08 Å². The largest absolute Gasteiger partial charge is 0.395 e. The van der Waals surface area contributed by atoms with Gasteiger partial charge in [0, 0.05) is 13.0 Å². The van der Waals surface area contributed by atoms with Crippen LogP contribution in [0.3, 0.4) is 0 Å². The van der Waals surface area contributed by atoms with Crippen LogP contribution >= 0.6 is 0 Å². The topological polar surface area (TPSA) is 49.3 Å². The normalized spacial score (nSPS) is 14.8. The third-order valence-electron chi connectivity index (χ3n) is 4.48. The highest BCUT2D eigenvalue weighted by Gasteiger charge is 1.98. The second-order valence-corrected chi connectivity index (χ2v) is 7.53. The molecule has 0 rings (SSSR count). The average Bonchev–Trinajstić information content (AvgIpc) is 2.72. The molecular formula is C26H43NO2. The third-order valence-corrected chi connectivity index (χ3v) is 4.48. The van der Waals surface area contributed by atoms with Crippen molar-refractivity contribution >= 4 is 5.91 Å². The van der Waals surface area contributed by atoms with Crippen molar-refractivity contribution in [3.8, 4) is 0 Å². The summed E-state index contributed by atoms with van der Waals surface area (Å²) in [6.45, 7) is 7.07. The Morgan fingerprint density at radius 3 is 2.17 bits per heavy atom. The fourth-order valence-electron chi connectivity index (χ4n) is 2.67. The summed E-state index contributed by atoms with van der Waals surface area (Å²) in [5, 5.41) is 11.3. The molecule has 0 aliphatic carbocycles. The lowest BCUT2D eigenvalue weighted by Gasteiger charge is -2.06. The number of hydrogen-bond acceptors (Lipinski definition) is 2. The maximum Gasteiger partial charge on any atom is 0.220 e. The fourth-order valence-corrected chi connectivity index (χ4v) is 2.67. The Hall–Kier alpha value is -1.87. The van der Waals surface area contributed by atoms with E-state index in [2.05, 4.69) is 80.8 Å². The van der Waals surface area contributed by atoms with E-state index in [9.17, 15) is 4.79 Å². The van der Waals surface area contributed by atoms with Gasteiger partial charge in [-0.2, -0.15) is 0 Å². The number of allylic oxidation sites excluding steroid dienone is 10. The van der Waals surface area contributed by atoms with Crippen molar-refractivity contribution in [1.82, 2.24) is 5.32 Å². The van der Waals surface area contributed by atoms with Gasteiger partial charge < -0.3 is 10.4 Å². The van der Waals surface area contributed by atoms with E-state index in [-0.39, 0.29) is 12.5 Å². The number of carbonyl (C=O) groups excluding carboxylic acids is 1. The maximum atomic E-state index is 11.3. The highest BCUT2D eigenvalue weighted by molar-refractivity contribution is 5.75. The van der Waals surface area contributed by atoms with Gasteiger partial charge in [0.25, 0.3) is 0 Å². The molecule has 0 aliphatic rings. The molecule has 0 aromatic rings. The van der Waals surface area contributed by atoms with Crippen LogP contribution < -0.4 is 5.32 Å². The van der Waals surface area contributed by atoms with Gasteiger partial charge in [0.1, 0.15) is 0 Å². The molecule has 2 atom stereocenters. The molecule has 0 aliphatic heterocycles. The minimum atomic E-state index is -0.00737. The molecule has 0 aromatic heterocycles. The van der Waals surface area contributed by atoms with Crippen LogP contribution in [-0.2, 0) is 4.79 Å². The Kier molecular flexibility index (Phi) is 19.5. The molecule has 1 amide bonds. The number of aliphatic hydroxyl groups excluding tert-OH is 1. The fraction of sp³-hybridized carbons (Fsp3) is 0.577. The predicted octanol–water partition coefficient (Wildman–Crippen LogP) is 6.29. The van der Waals surface area contributed by atoms with Crippen LogP contribution in [0.25, 0.3) is 0 Å². The van der Waals surface area contributed by atoms with Crippen molar-refractivity contribution in [2.24, 2.45) is 11.8 Å². The SMILES string of the molecule is CC/C=C\CCC(C)/C=C/C(C)C/C=C\C/C=C\C/C=C\CCC(=O)NCCO. The molecule has 0 heterocycles. The molecule has 0 saturated carbocycles. The molecule has 0 bridgehead atoms. The summed E-state index contributed by atoms with van der Waals surface area (Å²) in [6.07, 6.45) is 29.9. The molecule has 3 nitrogen and oxygen atoms in total. The number of aliphatic hydroxyl groups is 1. The lowest BCUT2D eigenvalue weighted by Crippen LogP contribution is -2.25. The average molecular weight is 402 g/mol. The first-order chi connectivity index (χ1) is 14.1. The first-order valence-electron chi connectivity index (χ1n) is 11.3. The Morgan fingerprint density at radius 1 is 0.862 bits per heavy atom. The van der Waals surface area contributed by atoms with E-state index in [1.54, 1.807) is 0 Å². The van der Waals surface area contributed by atoms with Crippen LogP contribution in [0.15, 0.2) is 60.8 Å². The van der Waals surface area contributed by atoms with Crippen LogP contribution in [0.4, 0.5) is 0 Å². The zero-order valence-corrected chi connectivity index (χ0v) is 18.9. The zero-order chi connectivity index (χ0) is 21.6. The summed E-state index contributed by atoms with van der Waals surface area (Å²) >= 11 is 0. The van der Waals surface area contributed by atoms with Crippen LogP contribution in [0.1, 0.15) is 72.1 Å². The standard InChI is InChI=1S/C26H43NO2/c1-4-5-6-14-17-24(2)20-21-25(3)18-15-12-10-8-7-9-11-13-16-19-26(29)27-22-23-28/h5-8,11-13,15,20-21,24-25,28H,4,9-10,14,16-19,22-23H2,1-3H3,(H,27,29)/b6-5-,8-7-,13-11-,15-12-,21-20+. The molecule has 0 fully saturated rings. The van der Waals surface area contributed by atoms with Crippen molar-refractivity contribution in [2.75, 3.05) is 13.2 Å². The molecule has 0 saturated heterocycles. The van der Waals surface area contributed by atoms with Crippen LogP contribution in [0.5, 0.6) is 0 Å². The van der Waals surface area contributed by atoms with Gasteiger partial charge in [-0.15, -0.1) is 0 Å². The van der Waals surface area contributed by atoms with Gasteiger partial charge in [-0.05, 0) is 56.8 Å². The first kappa shape index (κ1) is 27.1. The molecular weight excluding hydrogens is 358 g/mol. The quantitative estimate of drug-likeness (QED) is 0.281. The Labute approximate surface area is 179 Å². The second kappa shape index (κ2) is 20.9. The maximum absolute atomic E-state index is 11.3. The summed E-state index contributed by atoms with van der Waals surface area (Å²) in [7, 11) is 0. The van der Waals surface area contributed by atoms with E-state index in [0.29, 0.717) is 24.8 Å². The Bertz CT molecular complexity index is 529. The molecule has 2 N–H and O–H groups in total. The van der Waals surface area contributed by atoms with Crippen molar-refractivity contribution in [2.45, 2.75) is 72.1 Å². The molecule has 0 radical (unpaired) electrons. The summed E-state index contributed by atoms with van der Waals surface area (Å²) in [6, 6.07) is 0. The summed E-state index contributed by atoms with van der Waals surface area (Å²) < 4.78 is 0. The van der Waals surface area contributed by atoms with Gasteiger partial charge in [0.2, 0.25) is 5.91 Å². The predicted molar refractivity (Wildman–Crippen MR) is 127 cm³/mol. The minimum Gasteiger partial charge on any atom is -0.395 e. The van der Waals surface area contributed by atoms with Gasteiger partial charge in [-0.3, -0.25) is 4.79 Å². The zero-order valence-electron chi connectivity index (χ0n) is 18.9. The number of carbonyl (C=O) groups is 1. The molecule has 164 valence electrons. The minimum absolute atomic E-state index is 0.00711. The molecule has 0 aromatic carbocycles. The number of hydrogen-bond donors (Lipinski definition) is 2. The van der Waals surface area contributed by atoms with Crippen molar-refractivity contribution in [3.05, 3.63) is 60.8 Å². The highest BCUT2D eigenvalue weighted by Crippen LogP contribution is 2.12. The lowest BCUT2D eigenvalue weighted by molar-refractivity contribution is -0.121. The van der Waals surface area contributed by atoms with Crippen LogP contribution in [-0.4, -0.2) is 24.2 Å². The van der Waals surface area contributed by atoms with Crippen LogP contribution in [0.2, 0.25) is 0 Å². The number of amides is 1. The first-order valence-corrected chi connectivity index (χ1v) is 11.3. The smallest absolute Gasteiger partial charge is 0.220 e. The van der Waals surface area contributed by atoms with Gasteiger partial charge >= 0.3 is 0 Å². The van der Waals surface area contributed by atoms with Gasteiger partial charge in [0.05, 0.1) is 6.61 Å². The summed E-state index contributed by atoms with van der Waals surface area (Å²) in [5.74, 6) is 1.22. The number of nitrogens with one attached hydrogen (secondary N) is 1. The van der Waals surface area contributed by atoms with Gasteiger partial charge in [-0.1, -0.05) is 81.5 Å². The van der Waals surface area contributed by atoms with E-state index >= 15 is 0 Å². The van der Waals surface area contributed by atoms with E-state index < -0.39 is 0 Å². The van der Waals surface area contributed by atoms with E-state index in [0.717, 1.165) is 32.1 Å². The lowest BCUT2D eigenvalue weighted by atomic mass is 10.0. The second-order valence-electron chi connectivity index (χ2n) is 7.53. The van der Waals surface area contributed by atoms with Crippen molar-refractivity contribution in [3.63, 3.8) is 0 Å². The molecule has 0 spiro atoms. The Balaban J connectivity index is 3.75. The number of rotatable bonds is 17. The molecule has 3 heteroatoms. The molecule has 29 heavy (non-hydrogen) atoms. The van der Waals surface area contributed by atoms with Gasteiger partial charge in [-0.25, -0.2) is 0 Å². The monoisotopic (exact) mass is 401 g/mol. The van der Waals surface area contributed by atoms with Gasteiger partial charge in [0.15, 0.2) is 0 Å². The summed E-state index contributed by atoms with van der Waals surface area (Å²) in [5.41, 5.74) is 0. The highest BCUT2D eigenvalue weighted by atomic mass is 16.3. The molecule has 2 unspecified atom stereocenters. The van der Waals surface area contributed by atoms with E-state index in [4.69, 9.17) is 5.11 Å². The van der Waals surface area contributed by atoms with Crippen LogP contribution in [0, 0.1) is 11.8 Å². The van der Waals surface area contributed by atoms with Crippen molar-refractivity contribution < 1.29 is 9.90 Å².